The summed E-state index contributed by atoms with van der Waals surface area (Å²) in [6.07, 6.45) is 1.44. The molecule has 2 aromatic carbocycles. The first-order chi connectivity index (χ1) is 16.9. The first kappa shape index (κ1) is 26.5. The van der Waals surface area contributed by atoms with Gasteiger partial charge in [0.2, 0.25) is 0 Å². The van der Waals surface area contributed by atoms with Gasteiger partial charge in [0.1, 0.15) is 0 Å². The van der Waals surface area contributed by atoms with Crippen LogP contribution in [0.3, 0.4) is 0 Å². The zero-order valence-corrected chi connectivity index (χ0v) is 23.2. The largest absolute Gasteiger partial charge is 0.367 e. The van der Waals surface area contributed by atoms with Crippen molar-refractivity contribution in [2.75, 3.05) is 19.6 Å². The predicted octanol–water partition coefficient (Wildman–Crippen LogP) is 4.01. The molecule has 1 aromatic heterocycles. The Hall–Kier alpha value is -2.53. The van der Waals surface area contributed by atoms with Crippen molar-refractivity contribution in [3.05, 3.63) is 75.1 Å². The van der Waals surface area contributed by atoms with E-state index >= 15 is 0 Å². The Morgan fingerprint density at radius 3 is 2.42 bits per heavy atom. The van der Waals surface area contributed by atoms with E-state index in [0.29, 0.717) is 37.0 Å². The van der Waals surface area contributed by atoms with Gasteiger partial charge in [-0.25, -0.2) is 17.2 Å². The maximum Gasteiger partial charge on any atom is 0.330 e. The second kappa shape index (κ2) is 10.1. The fraction of sp³-hybridized carbons (Fsp3) is 0.385. The van der Waals surface area contributed by atoms with Gasteiger partial charge in [-0.1, -0.05) is 34.1 Å². The lowest BCUT2D eigenvalue weighted by atomic mass is 9.98. The van der Waals surface area contributed by atoms with Gasteiger partial charge >= 0.3 is 5.97 Å². The number of piperazine rings is 1. The zero-order chi connectivity index (χ0) is 26.3. The van der Waals surface area contributed by atoms with Gasteiger partial charge in [0.15, 0.2) is 0 Å². The Kier molecular flexibility index (Phi) is 7.43. The fourth-order valence-corrected chi connectivity index (χ4v) is 5.82. The van der Waals surface area contributed by atoms with Crippen LogP contribution in [0.5, 0.6) is 0 Å². The molecule has 0 radical (unpaired) electrons. The lowest BCUT2D eigenvalue weighted by Crippen LogP contribution is -2.52. The third kappa shape index (κ3) is 5.41. The summed E-state index contributed by atoms with van der Waals surface area (Å²) in [4.78, 5) is 33.5. The summed E-state index contributed by atoms with van der Waals surface area (Å²) in [5.74, 6) is -0.281. The lowest BCUT2D eigenvalue weighted by Gasteiger charge is -2.39. The van der Waals surface area contributed by atoms with Crippen molar-refractivity contribution in [1.29, 1.82) is 0 Å². The molecule has 4 rings (SSSR count). The number of hydroxylamine groups is 2. The van der Waals surface area contributed by atoms with Crippen molar-refractivity contribution in [2.45, 2.75) is 45.2 Å². The van der Waals surface area contributed by atoms with Gasteiger partial charge in [-0.15, -0.1) is 5.06 Å². The molecule has 8 nitrogen and oxygen atoms in total. The monoisotopic (exact) mass is 575 g/mol. The SMILES string of the molecule is C[C@H]1CN(Cc2cn(S(=O)(=O)c3ccccc3)c(=O)c3ccc(Br)cc23)CCN1OC(=O)C(C)(C)C. The van der Waals surface area contributed by atoms with Gasteiger partial charge in [0.25, 0.3) is 15.6 Å². The van der Waals surface area contributed by atoms with Crippen LogP contribution in [-0.2, 0) is 26.2 Å². The smallest absolute Gasteiger partial charge is 0.330 e. The van der Waals surface area contributed by atoms with Crippen LogP contribution < -0.4 is 5.56 Å². The summed E-state index contributed by atoms with van der Waals surface area (Å²) in [6, 6.07) is 13.1. The molecule has 3 aromatic rings. The molecule has 10 heteroatoms. The number of hydrogen-bond acceptors (Lipinski definition) is 7. The summed E-state index contributed by atoms with van der Waals surface area (Å²) >= 11 is 3.47. The van der Waals surface area contributed by atoms with Gasteiger partial charge in [-0.3, -0.25) is 9.69 Å². The van der Waals surface area contributed by atoms with Crippen molar-refractivity contribution in [3.63, 3.8) is 0 Å². The van der Waals surface area contributed by atoms with Crippen molar-refractivity contribution in [1.82, 2.24) is 13.9 Å². The molecule has 0 spiro atoms. The number of pyridine rings is 1. The standard InChI is InChI=1S/C26H30BrN3O5S/c1-18-15-28(12-13-29(18)35-25(32)26(2,3)4)16-19-17-30(36(33,34)21-8-6-5-7-9-21)24(31)22-11-10-20(27)14-23(19)22/h5-11,14,17-18H,12-13,15-16H2,1-4H3/t18-/m0/s1. The Morgan fingerprint density at radius 1 is 1.08 bits per heavy atom. The summed E-state index contributed by atoms with van der Waals surface area (Å²) in [5.41, 5.74) is -0.462. The highest BCUT2D eigenvalue weighted by molar-refractivity contribution is 9.10. The quantitative estimate of drug-likeness (QED) is 0.454. The van der Waals surface area contributed by atoms with Crippen LogP contribution in [0.15, 0.2) is 68.9 Å². The van der Waals surface area contributed by atoms with E-state index < -0.39 is 21.0 Å². The van der Waals surface area contributed by atoms with Crippen LogP contribution in [0.25, 0.3) is 10.8 Å². The summed E-state index contributed by atoms with van der Waals surface area (Å²) < 4.78 is 28.4. The van der Waals surface area contributed by atoms with Crippen molar-refractivity contribution < 1.29 is 18.0 Å². The van der Waals surface area contributed by atoms with Gasteiger partial charge in [-0.2, -0.15) is 0 Å². The van der Waals surface area contributed by atoms with Crippen LogP contribution in [0, 0.1) is 5.41 Å². The molecule has 36 heavy (non-hydrogen) atoms. The van der Waals surface area contributed by atoms with Gasteiger partial charge in [0.05, 0.1) is 16.4 Å². The Balaban J connectivity index is 1.67. The Labute approximate surface area is 219 Å². The Bertz CT molecular complexity index is 1450. The van der Waals surface area contributed by atoms with Gasteiger partial charge < -0.3 is 4.84 Å². The average molecular weight is 577 g/mol. The number of hydrogen-bond donors (Lipinski definition) is 0. The minimum atomic E-state index is -4.07. The van der Waals surface area contributed by atoms with Crippen LogP contribution in [0.1, 0.15) is 33.3 Å². The highest BCUT2D eigenvalue weighted by Gasteiger charge is 2.32. The molecule has 0 amide bonds. The third-order valence-corrected chi connectivity index (χ3v) is 8.34. The first-order valence-corrected chi connectivity index (χ1v) is 14.0. The van der Waals surface area contributed by atoms with E-state index in [-0.39, 0.29) is 16.9 Å². The molecule has 1 aliphatic heterocycles. The number of fused-ring (bicyclic) bond motifs is 1. The lowest BCUT2D eigenvalue weighted by molar-refractivity contribution is -0.219. The molecule has 0 unspecified atom stereocenters. The summed E-state index contributed by atoms with van der Waals surface area (Å²) in [5, 5.41) is 2.74. The second-order valence-corrected chi connectivity index (χ2v) is 12.8. The minimum absolute atomic E-state index is 0.0532. The molecule has 0 bridgehead atoms. The summed E-state index contributed by atoms with van der Waals surface area (Å²) in [7, 11) is -4.07. The number of nitrogens with zero attached hydrogens (tertiary/aromatic N) is 3. The zero-order valence-electron chi connectivity index (χ0n) is 20.8. The maximum absolute atomic E-state index is 13.4. The maximum atomic E-state index is 13.4. The van der Waals surface area contributed by atoms with Crippen molar-refractivity contribution in [3.8, 4) is 0 Å². The molecular formula is C26H30BrN3O5S. The van der Waals surface area contributed by atoms with Crippen molar-refractivity contribution in [2.24, 2.45) is 5.41 Å². The number of halogens is 1. The Morgan fingerprint density at radius 2 is 1.78 bits per heavy atom. The van der Waals surface area contributed by atoms with E-state index in [4.69, 9.17) is 4.84 Å². The van der Waals surface area contributed by atoms with Crippen LogP contribution in [0.4, 0.5) is 0 Å². The number of benzene rings is 2. The van der Waals surface area contributed by atoms with E-state index in [2.05, 4.69) is 20.8 Å². The van der Waals surface area contributed by atoms with Gasteiger partial charge in [-0.05, 0) is 69.0 Å². The third-order valence-electron chi connectivity index (χ3n) is 6.19. The molecule has 192 valence electrons. The number of aromatic nitrogens is 1. The predicted molar refractivity (Wildman–Crippen MR) is 142 cm³/mol. The van der Waals surface area contributed by atoms with E-state index in [1.165, 1.54) is 18.3 Å². The highest BCUT2D eigenvalue weighted by atomic mass is 79.9. The number of rotatable bonds is 5. The highest BCUT2D eigenvalue weighted by Crippen LogP contribution is 2.25. The number of carbonyl (C=O) groups is 1. The molecule has 1 atom stereocenters. The molecule has 0 saturated carbocycles. The molecular weight excluding hydrogens is 546 g/mol. The van der Waals surface area contributed by atoms with Crippen LogP contribution in [0.2, 0.25) is 0 Å². The topological polar surface area (TPSA) is 88.9 Å². The van der Waals surface area contributed by atoms with E-state index in [0.717, 1.165) is 14.0 Å². The molecule has 1 fully saturated rings. The van der Waals surface area contributed by atoms with E-state index in [1.807, 2.05) is 33.8 Å². The fourth-order valence-electron chi connectivity index (χ4n) is 4.15. The molecule has 0 N–H and O–H groups in total. The van der Waals surface area contributed by atoms with E-state index in [9.17, 15) is 18.0 Å². The first-order valence-electron chi connectivity index (χ1n) is 11.7. The second-order valence-electron chi connectivity index (χ2n) is 10.1. The minimum Gasteiger partial charge on any atom is -0.367 e. The molecule has 0 aliphatic carbocycles. The molecule has 1 saturated heterocycles. The number of carbonyl (C=O) groups excluding carboxylic acids is 1. The van der Waals surface area contributed by atoms with Crippen LogP contribution in [-0.4, -0.2) is 54.0 Å². The van der Waals surface area contributed by atoms with Gasteiger partial charge in [0, 0.05) is 42.2 Å². The normalized spacial score (nSPS) is 17.9. The van der Waals surface area contributed by atoms with Crippen LogP contribution >= 0.6 is 15.9 Å². The summed E-state index contributed by atoms with van der Waals surface area (Å²) in [6.45, 7) is 9.61. The average Bonchev–Trinajstić information content (AvgIpc) is 2.82. The molecule has 2 heterocycles. The molecule has 1 aliphatic rings. The van der Waals surface area contributed by atoms with E-state index in [1.54, 1.807) is 35.4 Å². The van der Waals surface area contributed by atoms with Crippen molar-refractivity contribution >= 4 is 42.7 Å².